The van der Waals surface area contributed by atoms with Gasteiger partial charge in [-0.3, -0.25) is 4.79 Å². The Morgan fingerprint density at radius 1 is 1.47 bits per heavy atom. The summed E-state index contributed by atoms with van der Waals surface area (Å²) >= 11 is 4.25. The Morgan fingerprint density at radius 3 is 2.65 bits per heavy atom. The van der Waals surface area contributed by atoms with Gasteiger partial charge in [0.1, 0.15) is 5.60 Å². The molecule has 0 aromatic heterocycles. The standard InChI is InChI=1S/C13H16O2S2/c1-12(2,17-16)10-5-3-4-9(8-10)11(14)13(15)6-7-13/h3-5,8,15-16H,6-7H2,1-2H3. The fourth-order valence-electron chi connectivity index (χ4n) is 1.70. The molecule has 0 atom stereocenters. The van der Waals surface area contributed by atoms with Gasteiger partial charge in [-0.05, 0) is 38.3 Å². The van der Waals surface area contributed by atoms with Crippen molar-refractivity contribution in [1.82, 2.24) is 0 Å². The first-order chi connectivity index (χ1) is 7.89. The lowest BCUT2D eigenvalue weighted by Gasteiger charge is -2.22. The van der Waals surface area contributed by atoms with Crippen LogP contribution in [-0.2, 0) is 4.75 Å². The first kappa shape index (κ1) is 13.0. The van der Waals surface area contributed by atoms with Crippen LogP contribution in [0.15, 0.2) is 24.3 Å². The Kier molecular flexibility index (Phi) is 3.31. The second kappa shape index (κ2) is 4.34. The molecule has 1 aliphatic carbocycles. The van der Waals surface area contributed by atoms with E-state index in [0.29, 0.717) is 18.4 Å². The number of carbonyl (C=O) groups excluding carboxylic acids is 1. The van der Waals surface area contributed by atoms with Crippen molar-refractivity contribution in [2.24, 2.45) is 0 Å². The molecule has 4 heteroatoms. The second-order valence-corrected chi connectivity index (χ2v) is 6.79. The van der Waals surface area contributed by atoms with Gasteiger partial charge in [0.05, 0.1) is 0 Å². The normalized spacial score (nSPS) is 17.9. The molecule has 1 N–H and O–H groups in total. The van der Waals surface area contributed by atoms with Gasteiger partial charge in [0.15, 0.2) is 5.78 Å². The second-order valence-electron chi connectivity index (χ2n) is 5.04. The molecule has 1 aromatic rings. The molecule has 17 heavy (non-hydrogen) atoms. The van der Waals surface area contributed by atoms with Crippen LogP contribution < -0.4 is 0 Å². The zero-order chi connectivity index (χ0) is 12.7. The van der Waals surface area contributed by atoms with Gasteiger partial charge in [0.25, 0.3) is 0 Å². The molecular formula is C13H16O2S2. The molecular weight excluding hydrogens is 252 g/mol. The summed E-state index contributed by atoms with van der Waals surface area (Å²) in [4.78, 5) is 12.0. The lowest BCUT2D eigenvalue weighted by atomic mass is 9.96. The molecule has 1 aromatic carbocycles. The van der Waals surface area contributed by atoms with E-state index in [2.05, 4.69) is 25.5 Å². The molecule has 2 rings (SSSR count). The molecule has 1 fully saturated rings. The zero-order valence-electron chi connectivity index (χ0n) is 9.93. The van der Waals surface area contributed by atoms with Crippen molar-refractivity contribution in [3.63, 3.8) is 0 Å². The highest BCUT2D eigenvalue weighted by Crippen LogP contribution is 2.41. The minimum Gasteiger partial charge on any atom is -0.382 e. The Hall–Kier alpha value is -0.450. The Bertz CT molecular complexity index is 450. The lowest BCUT2D eigenvalue weighted by Crippen LogP contribution is -2.22. The maximum atomic E-state index is 12.0. The number of benzene rings is 1. The SMILES string of the molecule is CC(C)(SS)c1cccc(C(=O)C2(O)CC2)c1. The third-order valence-corrected chi connectivity index (χ3v) is 5.26. The summed E-state index contributed by atoms with van der Waals surface area (Å²) in [7, 11) is 1.44. The average molecular weight is 268 g/mol. The zero-order valence-corrected chi connectivity index (χ0v) is 11.6. The fraction of sp³-hybridized carbons (Fsp3) is 0.462. The van der Waals surface area contributed by atoms with Gasteiger partial charge >= 0.3 is 0 Å². The van der Waals surface area contributed by atoms with Crippen molar-refractivity contribution < 1.29 is 9.90 Å². The number of ketones is 1. The Balaban J connectivity index is 2.32. The number of thiol groups is 1. The van der Waals surface area contributed by atoms with Crippen LogP contribution in [0.25, 0.3) is 0 Å². The van der Waals surface area contributed by atoms with Crippen molar-refractivity contribution in [3.05, 3.63) is 35.4 Å². The van der Waals surface area contributed by atoms with Gasteiger partial charge in [0.2, 0.25) is 0 Å². The van der Waals surface area contributed by atoms with Crippen LogP contribution in [0.1, 0.15) is 42.6 Å². The summed E-state index contributed by atoms with van der Waals surface area (Å²) in [6, 6.07) is 7.47. The number of carbonyl (C=O) groups is 1. The van der Waals surface area contributed by atoms with Crippen LogP contribution in [0.4, 0.5) is 0 Å². The summed E-state index contributed by atoms with van der Waals surface area (Å²) in [5, 5.41) is 9.83. The van der Waals surface area contributed by atoms with Crippen LogP contribution in [-0.4, -0.2) is 16.5 Å². The summed E-state index contributed by atoms with van der Waals surface area (Å²) in [6.45, 7) is 4.11. The topological polar surface area (TPSA) is 37.3 Å². The van der Waals surface area contributed by atoms with Gasteiger partial charge in [-0.1, -0.05) is 29.0 Å². The molecule has 0 bridgehead atoms. The number of rotatable bonds is 4. The number of hydrogen-bond donors (Lipinski definition) is 2. The van der Waals surface area contributed by atoms with Crippen LogP contribution >= 0.6 is 22.5 Å². The molecule has 1 aliphatic rings. The highest BCUT2D eigenvalue weighted by atomic mass is 33.1. The summed E-state index contributed by atoms with van der Waals surface area (Å²) < 4.78 is -0.147. The maximum Gasteiger partial charge on any atom is 0.194 e. The van der Waals surface area contributed by atoms with Crippen LogP contribution in [0, 0.1) is 0 Å². The molecule has 0 radical (unpaired) electrons. The first-order valence-electron chi connectivity index (χ1n) is 5.59. The third kappa shape index (κ3) is 2.54. The minimum atomic E-state index is -1.09. The quantitative estimate of drug-likeness (QED) is 0.500. The third-order valence-electron chi connectivity index (χ3n) is 3.19. The summed E-state index contributed by atoms with van der Waals surface area (Å²) in [5.74, 6) is -0.153. The van der Waals surface area contributed by atoms with Crippen molar-refractivity contribution in [1.29, 1.82) is 0 Å². The van der Waals surface area contributed by atoms with E-state index in [-0.39, 0.29) is 10.5 Å². The van der Waals surface area contributed by atoms with Crippen molar-refractivity contribution in [2.45, 2.75) is 37.0 Å². The monoisotopic (exact) mass is 268 g/mol. The largest absolute Gasteiger partial charge is 0.382 e. The molecule has 0 spiro atoms. The molecule has 0 aliphatic heterocycles. The molecule has 0 amide bonds. The van der Waals surface area contributed by atoms with E-state index in [9.17, 15) is 9.90 Å². The predicted molar refractivity (Wildman–Crippen MR) is 74.6 cm³/mol. The molecule has 92 valence electrons. The van der Waals surface area contributed by atoms with E-state index < -0.39 is 5.60 Å². The molecule has 2 nitrogen and oxygen atoms in total. The predicted octanol–water partition coefficient (Wildman–Crippen LogP) is 3.21. The van der Waals surface area contributed by atoms with Gasteiger partial charge < -0.3 is 5.11 Å². The van der Waals surface area contributed by atoms with Gasteiger partial charge in [-0.2, -0.15) is 0 Å². The smallest absolute Gasteiger partial charge is 0.194 e. The number of hydrogen-bond acceptors (Lipinski definition) is 4. The number of aliphatic hydroxyl groups is 1. The first-order valence-corrected chi connectivity index (χ1v) is 7.46. The highest BCUT2D eigenvalue weighted by Gasteiger charge is 2.48. The fourth-order valence-corrected chi connectivity index (χ4v) is 2.25. The van der Waals surface area contributed by atoms with Gasteiger partial charge in [-0.15, -0.1) is 11.7 Å². The van der Waals surface area contributed by atoms with Crippen molar-refractivity contribution >= 4 is 28.2 Å². The highest BCUT2D eigenvalue weighted by molar-refractivity contribution is 8.68. The van der Waals surface area contributed by atoms with E-state index in [1.807, 2.05) is 18.2 Å². The van der Waals surface area contributed by atoms with Crippen LogP contribution in [0.5, 0.6) is 0 Å². The Morgan fingerprint density at radius 2 is 2.12 bits per heavy atom. The van der Waals surface area contributed by atoms with E-state index >= 15 is 0 Å². The van der Waals surface area contributed by atoms with E-state index in [0.717, 1.165) is 5.56 Å². The summed E-state index contributed by atoms with van der Waals surface area (Å²) in [5.41, 5.74) is 0.558. The van der Waals surface area contributed by atoms with E-state index in [4.69, 9.17) is 0 Å². The van der Waals surface area contributed by atoms with Gasteiger partial charge in [0, 0.05) is 10.3 Å². The molecule has 0 heterocycles. The lowest BCUT2D eigenvalue weighted by molar-refractivity contribution is 0.0690. The molecule has 0 unspecified atom stereocenters. The average Bonchev–Trinajstić information content (AvgIpc) is 3.08. The molecule has 0 saturated heterocycles. The number of Topliss-reactive ketones (excluding diaryl/α,β-unsaturated/α-hetero) is 1. The summed E-state index contributed by atoms with van der Waals surface area (Å²) in [6.07, 6.45) is 1.17. The maximum absolute atomic E-state index is 12.0. The van der Waals surface area contributed by atoms with E-state index in [1.54, 1.807) is 6.07 Å². The van der Waals surface area contributed by atoms with Crippen LogP contribution in [0.3, 0.4) is 0 Å². The minimum absolute atomic E-state index is 0.147. The van der Waals surface area contributed by atoms with Crippen LogP contribution in [0.2, 0.25) is 0 Å². The van der Waals surface area contributed by atoms with Crippen molar-refractivity contribution in [2.75, 3.05) is 0 Å². The van der Waals surface area contributed by atoms with Crippen molar-refractivity contribution in [3.8, 4) is 0 Å². The van der Waals surface area contributed by atoms with E-state index in [1.165, 1.54) is 10.8 Å². The van der Waals surface area contributed by atoms with Gasteiger partial charge in [-0.25, -0.2) is 0 Å². The Labute approximate surface area is 111 Å². The molecule has 1 saturated carbocycles.